The van der Waals surface area contributed by atoms with Gasteiger partial charge in [-0.15, -0.1) is 0 Å². The van der Waals surface area contributed by atoms with E-state index in [-0.39, 0.29) is 11.1 Å². The lowest BCUT2D eigenvalue weighted by atomic mass is 10.0. The second-order valence-electron chi connectivity index (χ2n) is 4.05. The first-order valence-electron chi connectivity index (χ1n) is 5.50. The number of aryl methyl sites for hydroxylation is 1. The zero-order valence-electron chi connectivity index (χ0n) is 10.1. The Kier molecular flexibility index (Phi) is 3.17. The van der Waals surface area contributed by atoms with Crippen LogP contribution in [-0.2, 0) is 0 Å². The summed E-state index contributed by atoms with van der Waals surface area (Å²) >= 11 is 0. The zero-order chi connectivity index (χ0) is 14.0. The fourth-order valence-corrected chi connectivity index (χ4v) is 1.80. The molecular weight excluding hydrogens is 244 g/mol. The number of nitriles is 1. The minimum Gasteiger partial charge on any atom is -0.478 e. The van der Waals surface area contributed by atoms with Gasteiger partial charge >= 0.3 is 5.97 Å². The van der Waals surface area contributed by atoms with E-state index in [9.17, 15) is 9.59 Å². The fraction of sp³-hybridized carbons (Fsp3) is 0.0714. The maximum Gasteiger partial charge on any atom is 0.335 e. The maximum atomic E-state index is 11.4. The molecule has 1 heterocycles. The number of hydrogen-bond donors (Lipinski definition) is 2. The van der Waals surface area contributed by atoms with Crippen LogP contribution in [0.3, 0.4) is 0 Å². The maximum absolute atomic E-state index is 11.4. The molecule has 0 unspecified atom stereocenters. The minimum absolute atomic E-state index is 0.0305. The third kappa shape index (κ3) is 2.38. The standard InChI is InChI=1S/C14H10N2O3/c1-8-12(6-11(7-15)13(17)16-8)9-2-4-10(5-3-9)14(18)19/h2-6H,1H3,(H,16,17)(H,18,19). The molecule has 0 aliphatic rings. The highest BCUT2D eigenvalue weighted by molar-refractivity contribution is 5.88. The number of rotatable bonds is 2. The number of aromatic amines is 1. The third-order valence-corrected chi connectivity index (χ3v) is 2.80. The molecule has 19 heavy (non-hydrogen) atoms. The van der Waals surface area contributed by atoms with Gasteiger partial charge in [0, 0.05) is 11.3 Å². The third-order valence-electron chi connectivity index (χ3n) is 2.80. The van der Waals surface area contributed by atoms with Crippen molar-refractivity contribution in [3.8, 4) is 17.2 Å². The molecule has 0 aliphatic heterocycles. The molecule has 0 atom stereocenters. The summed E-state index contributed by atoms with van der Waals surface area (Å²) in [6.07, 6.45) is 0. The quantitative estimate of drug-likeness (QED) is 0.856. The first-order chi connectivity index (χ1) is 9.02. The molecule has 0 fully saturated rings. The van der Waals surface area contributed by atoms with Crippen LogP contribution in [0.15, 0.2) is 35.1 Å². The van der Waals surface area contributed by atoms with Gasteiger partial charge in [-0.05, 0) is 30.7 Å². The van der Waals surface area contributed by atoms with Gasteiger partial charge in [-0.3, -0.25) is 4.79 Å². The van der Waals surface area contributed by atoms with Crippen molar-refractivity contribution in [2.24, 2.45) is 0 Å². The number of H-pyrrole nitrogens is 1. The number of pyridine rings is 1. The number of carboxylic acids is 1. The molecule has 0 saturated carbocycles. The Hall–Kier alpha value is -2.87. The second-order valence-corrected chi connectivity index (χ2v) is 4.05. The largest absolute Gasteiger partial charge is 0.478 e. The summed E-state index contributed by atoms with van der Waals surface area (Å²) in [5.74, 6) is -0.998. The lowest BCUT2D eigenvalue weighted by Crippen LogP contribution is -2.11. The summed E-state index contributed by atoms with van der Waals surface area (Å²) in [6, 6.07) is 9.58. The van der Waals surface area contributed by atoms with Gasteiger partial charge in [0.1, 0.15) is 11.6 Å². The van der Waals surface area contributed by atoms with Gasteiger partial charge in [-0.25, -0.2) is 4.79 Å². The van der Waals surface area contributed by atoms with E-state index < -0.39 is 11.5 Å². The predicted octanol–water partition coefficient (Wildman–Crippen LogP) is 1.92. The Bertz CT molecular complexity index is 737. The highest BCUT2D eigenvalue weighted by Gasteiger charge is 2.08. The van der Waals surface area contributed by atoms with E-state index in [1.54, 1.807) is 19.1 Å². The molecule has 2 aromatic rings. The minimum atomic E-state index is -0.998. The van der Waals surface area contributed by atoms with Gasteiger partial charge in [0.2, 0.25) is 0 Å². The summed E-state index contributed by atoms with van der Waals surface area (Å²) in [4.78, 5) is 24.8. The molecule has 0 saturated heterocycles. The molecule has 5 nitrogen and oxygen atoms in total. The van der Waals surface area contributed by atoms with Gasteiger partial charge in [-0.1, -0.05) is 12.1 Å². The SMILES string of the molecule is Cc1[nH]c(=O)c(C#N)cc1-c1ccc(C(=O)O)cc1. The molecule has 0 amide bonds. The van der Waals surface area contributed by atoms with Gasteiger partial charge in [0.05, 0.1) is 5.56 Å². The van der Waals surface area contributed by atoms with Crippen LogP contribution in [0.2, 0.25) is 0 Å². The Morgan fingerprint density at radius 3 is 2.47 bits per heavy atom. The Morgan fingerprint density at radius 1 is 1.32 bits per heavy atom. The van der Waals surface area contributed by atoms with Crippen molar-refractivity contribution in [3.63, 3.8) is 0 Å². The lowest BCUT2D eigenvalue weighted by molar-refractivity contribution is 0.0697. The first-order valence-corrected chi connectivity index (χ1v) is 5.50. The van der Waals surface area contributed by atoms with Crippen molar-refractivity contribution in [2.75, 3.05) is 0 Å². The van der Waals surface area contributed by atoms with E-state index in [0.29, 0.717) is 11.3 Å². The lowest BCUT2D eigenvalue weighted by Gasteiger charge is -2.06. The second kappa shape index (κ2) is 4.78. The van der Waals surface area contributed by atoms with Gasteiger partial charge in [0.25, 0.3) is 5.56 Å². The molecule has 0 bridgehead atoms. The van der Waals surface area contributed by atoms with Gasteiger partial charge in [0.15, 0.2) is 0 Å². The smallest absolute Gasteiger partial charge is 0.335 e. The number of aromatic nitrogens is 1. The number of carboxylic acid groups (broad SMARTS) is 1. The Labute approximate surface area is 108 Å². The van der Waals surface area contributed by atoms with Crippen molar-refractivity contribution in [2.45, 2.75) is 6.92 Å². The van der Waals surface area contributed by atoms with Gasteiger partial charge in [-0.2, -0.15) is 5.26 Å². The van der Waals surface area contributed by atoms with Crippen molar-refractivity contribution in [3.05, 3.63) is 57.5 Å². The van der Waals surface area contributed by atoms with Crippen LogP contribution < -0.4 is 5.56 Å². The summed E-state index contributed by atoms with van der Waals surface area (Å²) in [5.41, 5.74) is 1.87. The molecule has 94 valence electrons. The van der Waals surface area contributed by atoms with Crippen LogP contribution in [0.5, 0.6) is 0 Å². The molecule has 1 aromatic heterocycles. The molecule has 5 heteroatoms. The average molecular weight is 254 g/mol. The predicted molar refractivity (Wildman–Crippen MR) is 68.9 cm³/mol. The van der Waals surface area contributed by atoms with Gasteiger partial charge < -0.3 is 10.1 Å². The number of carbonyl (C=O) groups is 1. The highest BCUT2D eigenvalue weighted by atomic mass is 16.4. The summed E-state index contributed by atoms with van der Waals surface area (Å²) in [5, 5.41) is 17.7. The molecule has 2 N–H and O–H groups in total. The Balaban J connectivity index is 2.56. The fourth-order valence-electron chi connectivity index (χ4n) is 1.80. The summed E-state index contributed by atoms with van der Waals surface area (Å²) < 4.78 is 0. The molecule has 1 aromatic carbocycles. The summed E-state index contributed by atoms with van der Waals surface area (Å²) in [7, 11) is 0. The summed E-state index contributed by atoms with van der Waals surface area (Å²) in [6.45, 7) is 1.73. The van der Waals surface area contributed by atoms with Crippen LogP contribution in [0.4, 0.5) is 0 Å². The van der Waals surface area contributed by atoms with Crippen LogP contribution in [-0.4, -0.2) is 16.1 Å². The van der Waals surface area contributed by atoms with Crippen LogP contribution >= 0.6 is 0 Å². The van der Waals surface area contributed by atoms with Crippen LogP contribution in [0.1, 0.15) is 21.6 Å². The van der Waals surface area contributed by atoms with Crippen LogP contribution in [0.25, 0.3) is 11.1 Å². The first kappa shape index (κ1) is 12.6. The van der Waals surface area contributed by atoms with Crippen LogP contribution in [0, 0.1) is 18.3 Å². The van der Waals surface area contributed by atoms with E-state index in [0.717, 1.165) is 5.56 Å². The van der Waals surface area contributed by atoms with E-state index in [1.807, 2.05) is 6.07 Å². The number of aromatic carboxylic acids is 1. The van der Waals surface area contributed by atoms with E-state index in [2.05, 4.69) is 4.98 Å². The van der Waals surface area contributed by atoms with E-state index >= 15 is 0 Å². The number of nitrogens with one attached hydrogen (secondary N) is 1. The molecule has 0 aliphatic carbocycles. The highest BCUT2D eigenvalue weighted by Crippen LogP contribution is 2.22. The van der Waals surface area contributed by atoms with E-state index in [4.69, 9.17) is 10.4 Å². The number of hydrogen-bond acceptors (Lipinski definition) is 3. The van der Waals surface area contributed by atoms with E-state index in [1.165, 1.54) is 18.2 Å². The van der Waals surface area contributed by atoms with Crippen molar-refractivity contribution < 1.29 is 9.90 Å². The zero-order valence-corrected chi connectivity index (χ0v) is 10.1. The monoisotopic (exact) mass is 254 g/mol. The average Bonchev–Trinajstić information content (AvgIpc) is 2.39. The van der Waals surface area contributed by atoms with Crippen molar-refractivity contribution in [1.82, 2.24) is 4.98 Å². The van der Waals surface area contributed by atoms with Crippen molar-refractivity contribution >= 4 is 5.97 Å². The number of benzene rings is 1. The Morgan fingerprint density at radius 2 is 1.95 bits per heavy atom. The molecule has 0 radical (unpaired) electrons. The topological polar surface area (TPSA) is 94.0 Å². The normalized spacial score (nSPS) is 9.89. The van der Waals surface area contributed by atoms with Crippen molar-refractivity contribution in [1.29, 1.82) is 5.26 Å². The molecular formula is C14H10N2O3. The number of nitrogens with zero attached hydrogens (tertiary/aromatic N) is 1. The molecule has 2 rings (SSSR count). The molecule has 0 spiro atoms.